The molecule has 0 saturated carbocycles. The number of rotatable bonds is 7. The van der Waals surface area contributed by atoms with Gasteiger partial charge in [-0.1, -0.05) is 47.5 Å². The van der Waals surface area contributed by atoms with Crippen LogP contribution in [0.25, 0.3) is 0 Å². The Morgan fingerprint density at radius 1 is 1.06 bits per heavy atom. The Balaban J connectivity index is 1.34. The topological polar surface area (TPSA) is 69.0 Å². The van der Waals surface area contributed by atoms with Crippen LogP contribution < -0.4 is 10.1 Å². The van der Waals surface area contributed by atoms with Crippen molar-refractivity contribution in [1.82, 2.24) is 14.8 Å². The molecule has 2 aromatic carbocycles. The molecule has 0 fully saturated rings. The molecule has 4 rings (SSSR count). The van der Waals surface area contributed by atoms with E-state index in [4.69, 9.17) is 4.74 Å². The lowest BCUT2D eigenvalue weighted by atomic mass is 10.1. The minimum atomic E-state index is -0.226. The summed E-state index contributed by atoms with van der Waals surface area (Å²) in [4.78, 5) is 17.4. The first-order chi connectivity index (χ1) is 15.0. The zero-order chi connectivity index (χ0) is 21.8. The van der Waals surface area contributed by atoms with E-state index in [2.05, 4.69) is 47.4 Å². The van der Waals surface area contributed by atoms with Crippen molar-refractivity contribution in [3.63, 3.8) is 0 Å². The van der Waals surface area contributed by atoms with E-state index in [0.717, 1.165) is 22.4 Å². The smallest absolute Gasteiger partial charge is 0.268 e. The van der Waals surface area contributed by atoms with Gasteiger partial charge in [0.25, 0.3) is 5.91 Å². The van der Waals surface area contributed by atoms with Crippen molar-refractivity contribution in [2.24, 2.45) is 0 Å². The normalized spacial score (nSPS) is 10.8. The number of ether oxygens (including phenoxy) is 1. The van der Waals surface area contributed by atoms with Gasteiger partial charge in [-0.15, -0.1) is 16.4 Å². The first-order valence-electron chi connectivity index (χ1n) is 10.00. The van der Waals surface area contributed by atoms with Gasteiger partial charge in [-0.3, -0.25) is 10.1 Å². The lowest BCUT2D eigenvalue weighted by Crippen LogP contribution is -2.12. The van der Waals surface area contributed by atoms with E-state index >= 15 is 0 Å². The number of hydrogen-bond acceptors (Lipinski definition) is 5. The Hall–Kier alpha value is -3.45. The largest absolute Gasteiger partial charge is 0.489 e. The molecule has 2 heterocycles. The number of benzene rings is 2. The van der Waals surface area contributed by atoms with E-state index in [1.165, 1.54) is 22.5 Å². The van der Waals surface area contributed by atoms with Gasteiger partial charge in [-0.05, 0) is 49.4 Å². The van der Waals surface area contributed by atoms with Gasteiger partial charge in [0.05, 0.1) is 11.4 Å². The Bertz CT molecular complexity index is 1210. The fourth-order valence-corrected chi connectivity index (χ4v) is 4.07. The summed E-state index contributed by atoms with van der Waals surface area (Å²) in [6.45, 7) is 7.15. The maximum atomic E-state index is 12.6. The lowest BCUT2D eigenvalue weighted by Gasteiger charge is -2.08. The summed E-state index contributed by atoms with van der Waals surface area (Å²) in [6, 6.07) is 16.2. The third-order valence-corrected chi connectivity index (χ3v) is 5.77. The summed E-state index contributed by atoms with van der Waals surface area (Å²) in [5.41, 5.74) is 5.58. The van der Waals surface area contributed by atoms with Crippen molar-refractivity contribution in [3.8, 4) is 5.75 Å². The van der Waals surface area contributed by atoms with Crippen molar-refractivity contribution >= 4 is 23.2 Å². The van der Waals surface area contributed by atoms with Crippen LogP contribution in [0.1, 0.15) is 37.5 Å². The molecule has 0 spiro atoms. The first-order valence-corrected chi connectivity index (χ1v) is 10.9. The number of nitrogens with one attached hydrogen (secondary N) is 1. The molecule has 7 heteroatoms. The average molecular weight is 433 g/mol. The van der Waals surface area contributed by atoms with Crippen molar-refractivity contribution in [3.05, 3.63) is 92.9 Å². The maximum Gasteiger partial charge on any atom is 0.268 e. The van der Waals surface area contributed by atoms with E-state index in [0.29, 0.717) is 24.0 Å². The number of aromatic nitrogens is 3. The van der Waals surface area contributed by atoms with Gasteiger partial charge in [-0.25, -0.2) is 9.67 Å². The highest BCUT2D eigenvalue weighted by Crippen LogP contribution is 2.22. The molecule has 31 heavy (non-hydrogen) atoms. The zero-order valence-corrected chi connectivity index (χ0v) is 18.6. The second-order valence-corrected chi connectivity index (χ2v) is 8.50. The van der Waals surface area contributed by atoms with E-state index < -0.39 is 0 Å². The third-order valence-electron chi connectivity index (χ3n) is 4.79. The Morgan fingerprint density at radius 3 is 2.71 bits per heavy atom. The van der Waals surface area contributed by atoms with E-state index in [9.17, 15) is 4.79 Å². The number of hydrogen-bond donors (Lipinski definition) is 1. The molecule has 0 radical (unpaired) electrons. The number of carbonyl (C=O) groups excluding carboxylic acids is 1. The Labute approximate surface area is 185 Å². The lowest BCUT2D eigenvalue weighted by molar-refractivity contribution is 0.102. The maximum absolute atomic E-state index is 12.6. The van der Waals surface area contributed by atoms with Gasteiger partial charge in [0.15, 0.2) is 0 Å². The number of carbonyl (C=O) groups is 1. The summed E-state index contributed by atoms with van der Waals surface area (Å²) >= 11 is 1.38. The van der Waals surface area contributed by atoms with E-state index in [1.807, 2.05) is 42.6 Å². The number of amides is 1. The summed E-state index contributed by atoms with van der Waals surface area (Å²) in [5, 5.41) is 9.05. The molecule has 158 valence electrons. The number of anilines is 1. The molecule has 2 aromatic heterocycles. The number of nitrogens with zero attached hydrogens (tertiary/aromatic N) is 3. The van der Waals surface area contributed by atoms with Crippen LogP contribution in [-0.4, -0.2) is 20.7 Å². The third kappa shape index (κ3) is 5.38. The van der Waals surface area contributed by atoms with Gasteiger partial charge in [0.1, 0.15) is 18.7 Å². The SMILES string of the molecule is Cc1cccc(Cn2cnc(NC(=O)c3cc(COc4ccc(C)cc4C)cs3)n2)c1. The van der Waals surface area contributed by atoms with Crippen LogP contribution in [0.4, 0.5) is 5.95 Å². The highest BCUT2D eigenvalue weighted by Gasteiger charge is 2.13. The van der Waals surface area contributed by atoms with Crippen molar-refractivity contribution in [2.45, 2.75) is 33.9 Å². The van der Waals surface area contributed by atoms with Crippen molar-refractivity contribution in [1.29, 1.82) is 0 Å². The van der Waals surface area contributed by atoms with Gasteiger partial charge in [0.2, 0.25) is 5.95 Å². The van der Waals surface area contributed by atoms with Gasteiger partial charge in [0, 0.05) is 5.56 Å². The quantitative estimate of drug-likeness (QED) is 0.439. The van der Waals surface area contributed by atoms with Crippen LogP contribution in [0.2, 0.25) is 0 Å². The fourth-order valence-electron chi connectivity index (χ4n) is 3.28. The molecule has 6 nitrogen and oxygen atoms in total. The van der Waals surface area contributed by atoms with Crippen LogP contribution in [0, 0.1) is 20.8 Å². The predicted octanol–water partition coefficient (Wildman–Crippen LogP) is 5.14. The molecule has 0 saturated heterocycles. The summed E-state index contributed by atoms with van der Waals surface area (Å²) < 4.78 is 7.61. The number of aryl methyl sites for hydroxylation is 3. The van der Waals surface area contributed by atoms with Crippen LogP contribution in [0.15, 0.2) is 60.2 Å². The second kappa shape index (κ2) is 9.14. The molecule has 1 amide bonds. The van der Waals surface area contributed by atoms with Gasteiger partial charge >= 0.3 is 0 Å². The summed E-state index contributed by atoms with van der Waals surface area (Å²) in [5.74, 6) is 0.918. The van der Waals surface area contributed by atoms with Crippen molar-refractivity contribution < 1.29 is 9.53 Å². The zero-order valence-electron chi connectivity index (χ0n) is 17.8. The van der Waals surface area contributed by atoms with E-state index in [-0.39, 0.29) is 5.91 Å². The standard InChI is InChI=1S/C24H24N4O2S/c1-16-5-4-6-19(10-16)12-28-15-25-24(27-28)26-23(29)22-11-20(14-31-22)13-30-21-8-7-17(2)9-18(21)3/h4-11,14-15H,12-13H2,1-3H3,(H,26,27,29). The summed E-state index contributed by atoms with van der Waals surface area (Å²) in [7, 11) is 0. The van der Waals surface area contributed by atoms with Crippen molar-refractivity contribution in [2.75, 3.05) is 5.32 Å². The van der Waals surface area contributed by atoms with Crippen LogP contribution in [0.5, 0.6) is 5.75 Å². The number of thiophene rings is 1. The monoisotopic (exact) mass is 432 g/mol. The van der Waals surface area contributed by atoms with E-state index in [1.54, 1.807) is 11.0 Å². The van der Waals surface area contributed by atoms with Crippen LogP contribution in [0.3, 0.4) is 0 Å². The molecule has 0 aliphatic rings. The molecule has 0 unspecified atom stereocenters. The van der Waals surface area contributed by atoms with Crippen LogP contribution >= 0.6 is 11.3 Å². The second-order valence-electron chi connectivity index (χ2n) is 7.59. The molecule has 4 aromatic rings. The molecule has 1 N–H and O–H groups in total. The van der Waals surface area contributed by atoms with Gasteiger partial charge < -0.3 is 4.74 Å². The molecular formula is C24H24N4O2S. The average Bonchev–Trinajstić information content (AvgIpc) is 3.37. The molecule has 0 aliphatic carbocycles. The fraction of sp³-hybridized carbons (Fsp3) is 0.208. The molecular weight excluding hydrogens is 408 g/mol. The van der Waals surface area contributed by atoms with Crippen LogP contribution in [-0.2, 0) is 13.2 Å². The highest BCUT2D eigenvalue weighted by atomic mass is 32.1. The molecule has 0 aliphatic heterocycles. The molecule has 0 bridgehead atoms. The Morgan fingerprint density at radius 2 is 1.90 bits per heavy atom. The predicted molar refractivity (Wildman–Crippen MR) is 123 cm³/mol. The summed E-state index contributed by atoms with van der Waals surface area (Å²) in [6.07, 6.45) is 1.62. The molecule has 0 atom stereocenters. The minimum Gasteiger partial charge on any atom is -0.489 e. The van der Waals surface area contributed by atoms with Gasteiger partial charge in [-0.2, -0.15) is 0 Å². The highest BCUT2D eigenvalue weighted by molar-refractivity contribution is 7.12. The Kier molecular flexibility index (Phi) is 6.13. The minimum absolute atomic E-state index is 0.226. The first kappa shape index (κ1) is 20.8.